The number of unbranched alkanes of at least 4 members (excludes halogenated alkanes) is 1. The molecule has 1 aliphatic carbocycles. The van der Waals surface area contributed by atoms with Gasteiger partial charge in [0, 0.05) is 6.54 Å². The summed E-state index contributed by atoms with van der Waals surface area (Å²) in [6, 6.07) is 10.8. The number of hydrogen-bond donors (Lipinski definition) is 1. The molecule has 1 heteroatoms. The maximum atomic E-state index is 3.57. The smallest absolute Gasteiger partial charge is 0.000517 e. The van der Waals surface area contributed by atoms with Crippen LogP contribution in [-0.4, -0.2) is 13.1 Å². The van der Waals surface area contributed by atoms with Crippen molar-refractivity contribution in [2.75, 3.05) is 13.1 Å². The quantitative estimate of drug-likeness (QED) is 0.690. The Balaban J connectivity index is 1.49. The Kier molecular flexibility index (Phi) is 4.00. The lowest BCUT2D eigenvalue weighted by Gasteiger charge is -2.09. The van der Waals surface area contributed by atoms with E-state index in [4.69, 9.17) is 0 Å². The molecule has 16 heavy (non-hydrogen) atoms. The second kappa shape index (κ2) is 5.49. The minimum Gasteiger partial charge on any atom is -0.316 e. The molecule has 0 unspecified atom stereocenters. The lowest BCUT2D eigenvalue weighted by atomic mass is 10.1. The minimum absolute atomic E-state index is 0.652. The average molecular weight is 217 g/mol. The summed E-state index contributed by atoms with van der Waals surface area (Å²) < 4.78 is 0. The van der Waals surface area contributed by atoms with Gasteiger partial charge in [-0.25, -0.2) is 0 Å². The van der Waals surface area contributed by atoms with Crippen molar-refractivity contribution in [3.05, 3.63) is 35.9 Å². The number of benzene rings is 1. The Morgan fingerprint density at radius 1 is 1.12 bits per heavy atom. The first-order valence-electron chi connectivity index (χ1n) is 6.53. The maximum Gasteiger partial charge on any atom is 0.000517 e. The summed E-state index contributed by atoms with van der Waals surface area (Å²) in [5.41, 5.74) is 2.12. The predicted molar refractivity (Wildman–Crippen MR) is 69.6 cm³/mol. The van der Waals surface area contributed by atoms with E-state index in [1.54, 1.807) is 0 Å². The van der Waals surface area contributed by atoms with Gasteiger partial charge in [0.25, 0.3) is 0 Å². The second-order valence-electron chi connectivity index (χ2n) is 5.43. The van der Waals surface area contributed by atoms with Crippen LogP contribution in [0.3, 0.4) is 0 Å². The van der Waals surface area contributed by atoms with E-state index in [-0.39, 0.29) is 0 Å². The van der Waals surface area contributed by atoms with Crippen LogP contribution in [0.1, 0.15) is 38.2 Å². The molecule has 0 spiro atoms. The highest BCUT2D eigenvalue weighted by atomic mass is 14.9. The number of nitrogens with one attached hydrogen (secondary N) is 1. The molecular weight excluding hydrogens is 194 g/mol. The van der Waals surface area contributed by atoms with Crippen molar-refractivity contribution in [1.29, 1.82) is 0 Å². The van der Waals surface area contributed by atoms with Gasteiger partial charge in [-0.05, 0) is 49.6 Å². The van der Waals surface area contributed by atoms with Crippen LogP contribution in [0.25, 0.3) is 0 Å². The van der Waals surface area contributed by atoms with Crippen LogP contribution in [0.4, 0.5) is 0 Å². The largest absolute Gasteiger partial charge is 0.316 e. The second-order valence-corrected chi connectivity index (χ2v) is 5.43. The highest BCUT2D eigenvalue weighted by Gasteiger charge is 2.36. The van der Waals surface area contributed by atoms with E-state index < -0.39 is 0 Å². The summed E-state index contributed by atoms with van der Waals surface area (Å²) in [5, 5.41) is 3.57. The van der Waals surface area contributed by atoms with Crippen LogP contribution in [-0.2, 0) is 6.42 Å². The van der Waals surface area contributed by atoms with Crippen LogP contribution in [0.5, 0.6) is 0 Å². The molecule has 2 rings (SSSR count). The first kappa shape index (κ1) is 11.7. The van der Waals surface area contributed by atoms with Crippen molar-refractivity contribution >= 4 is 0 Å². The van der Waals surface area contributed by atoms with E-state index in [2.05, 4.69) is 42.6 Å². The van der Waals surface area contributed by atoms with Crippen molar-refractivity contribution in [2.24, 2.45) is 5.41 Å². The SMILES string of the molecule is CC1(CNCCCCc2ccccc2)CC1. The molecule has 0 heterocycles. The fraction of sp³-hybridized carbons (Fsp3) is 0.600. The van der Waals surface area contributed by atoms with Crippen LogP contribution < -0.4 is 5.32 Å². The van der Waals surface area contributed by atoms with Crippen LogP contribution in [0.2, 0.25) is 0 Å². The summed E-state index contributed by atoms with van der Waals surface area (Å²) in [5.74, 6) is 0. The van der Waals surface area contributed by atoms with Crippen molar-refractivity contribution in [1.82, 2.24) is 5.32 Å². The Bertz CT molecular complexity index is 300. The molecule has 0 bridgehead atoms. The number of rotatable bonds is 7. The number of hydrogen-bond acceptors (Lipinski definition) is 1. The van der Waals surface area contributed by atoms with Gasteiger partial charge >= 0.3 is 0 Å². The van der Waals surface area contributed by atoms with Gasteiger partial charge < -0.3 is 5.32 Å². The molecule has 0 radical (unpaired) electrons. The van der Waals surface area contributed by atoms with E-state index in [0.29, 0.717) is 5.41 Å². The van der Waals surface area contributed by atoms with E-state index >= 15 is 0 Å². The zero-order chi connectivity index (χ0) is 11.3. The van der Waals surface area contributed by atoms with Crippen molar-refractivity contribution < 1.29 is 0 Å². The lowest BCUT2D eigenvalue weighted by Crippen LogP contribution is -2.23. The monoisotopic (exact) mass is 217 g/mol. The molecule has 0 aliphatic heterocycles. The normalized spacial score (nSPS) is 17.3. The highest BCUT2D eigenvalue weighted by Crippen LogP contribution is 2.43. The van der Waals surface area contributed by atoms with Crippen LogP contribution >= 0.6 is 0 Å². The standard InChI is InChI=1S/C15H23N/c1-15(10-11-15)13-16-12-6-5-9-14-7-3-2-4-8-14/h2-4,7-8,16H,5-6,9-13H2,1H3. The summed E-state index contributed by atoms with van der Waals surface area (Å²) in [7, 11) is 0. The minimum atomic E-state index is 0.652. The van der Waals surface area contributed by atoms with Crippen LogP contribution in [0.15, 0.2) is 30.3 Å². The van der Waals surface area contributed by atoms with Gasteiger partial charge in [-0.3, -0.25) is 0 Å². The molecule has 0 aromatic heterocycles. The number of aryl methyl sites for hydroxylation is 1. The predicted octanol–water partition coefficient (Wildman–Crippen LogP) is 3.40. The van der Waals surface area contributed by atoms with Crippen LogP contribution in [0, 0.1) is 5.41 Å². The molecule has 0 amide bonds. The van der Waals surface area contributed by atoms with Gasteiger partial charge in [-0.1, -0.05) is 37.3 Å². The molecular formula is C15H23N. The van der Waals surface area contributed by atoms with Gasteiger partial charge in [0.15, 0.2) is 0 Å². The Morgan fingerprint density at radius 2 is 1.88 bits per heavy atom. The Hall–Kier alpha value is -0.820. The van der Waals surface area contributed by atoms with Crippen molar-refractivity contribution in [2.45, 2.75) is 39.0 Å². The third-order valence-corrected chi connectivity index (χ3v) is 3.57. The fourth-order valence-electron chi connectivity index (χ4n) is 2.00. The molecule has 0 atom stereocenters. The fourth-order valence-corrected chi connectivity index (χ4v) is 2.00. The van der Waals surface area contributed by atoms with E-state index in [1.807, 2.05) is 0 Å². The lowest BCUT2D eigenvalue weighted by molar-refractivity contribution is 0.490. The Labute approximate surface area is 99.3 Å². The molecule has 1 fully saturated rings. The van der Waals surface area contributed by atoms with E-state index in [1.165, 1.54) is 50.8 Å². The average Bonchev–Trinajstić information content (AvgIpc) is 3.03. The van der Waals surface area contributed by atoms with E-state index in [0.717, 1.165) is 0 Å². The summed E-state index contributed by atoms with van der Waals surface area (Å²) in [6.45, 7) is 4.78. The molecule has 1 nitrogen and oxygen atoms in total. The van der Waals surface area contributed by atoms with Gasteiger partial charge in [-0.2, -0.15) is 0 Å². The first-order valence-corrected chi connectivity index (χ1v) is 6.53. The zero-order valence-corrected chi connectivity index (χ0v) is 10.3. The third-order valence-electron chi connectivity index (χ3n) is 3.57. The molecule has 1 aromatic carbocycles. The van der Waals surface area contributed by atoms with E-state index in [9.17, 15) is 0 Å². The maximum absolute atomic E-state index is 3.57. The Morgan fingerprint density at radius 3 is 2.56 bits per heavy atom. The van der Waals surface area contributed by atoms with Gasteiger partial charge in [-0.15, -0.1) is 0 Å². The van der Waals surface area contributed by atoms with Gasteiger partial charge in [0.2, 0.25) is 0 Å². The molecule has 1 aromatic rings. The molecule has 1 N–H and O–H groups in total. The molecule has 0 saturated heterocycles. The summed E-state index contributed by atoms with van der Waals surface area (Å²) >= 11 is 0. The highest BCUT2D eigenvalue weighted by molar-refractivity contribution is 5.14. The summed E-state index contributed by atoms with van der Waals surface area (Å²) in [6.07, 6.45) is 6.66. The zero-order valence-electron chi connectivity index (χ0n) is 10.3. The molecule has 1 aliphatic rings. The first-order chi connectivity index (χ1) is 7.79. The molecule has 88 valence electrons. The van der Waals surface area contributed by atoms with Crippen molar-refractivity contribution in [3.8, 4) is 0 Å². The molecule has 1 saturated carbocycles. The van der Waals surface area contributed by atoms with Gasteiger partial charge in [0.1, 0.15) is 0 Å². The van der Waals surface area contributed by atoms with Gasteiger partial charge in [0.05, 0.1) is 0 Å². The van der Waals surface area contributed by atoms with Crippen molar-refractivity contribution in [3.63, 3.8) is 0 Å². The summed E-state index contributed by atoms with van der Waals surface area (Å²) in [4.78, 5) is 0. The topological polar surface area (TPSA) is 12.0 Å². The third kappa shape index (κ3) is 3.97.